The number of nitrogens with two attached hydrogens (primary N) is 1. The van der Waals surface area contributed by atoms with Crippen molar-refractivity contribution in [3.63, 3.8) is 0 Å². The molecular weight excluding hydrogens is 462 g/mol. The summed E-state index contributed by atoms with van der Waals surface area (Å²) in [5.74, 6) is -1.21. The van der Waals surface area contributed by atoms with E-state index in [1.807, 2.05) is 47.8 Å². The molecule has 6 N–H and O–H groups in total. The molecule has 0 aliphatic rings. The number of hydrogen-bond acceptors (Lipinski definition) is 6. The molecule has 0 saturated heterocycles. The van der Waals surface area contributed by atoms with Crippen molar-refractivity contribution in [1.82, 2.24) is 21.3 Å². The van der Waals surface area contributed by atoms with E-state index in [0.29, 0.717) is 38.6 Å². The van der Waals surface area contributed by atoms with Gasteiger partial charge in [0, 0.05) is 6.42 Å². The molecule has 3 atom stereocenters. The van der Waals surface area contributed by atoms with E-state index >= 15 is 0 Å². The van der Waals surface area contributed by atoms with Crippen LogP contribution >= 0.6 is 0 Å². The fraction of sp³-hybridized carbons (Fsp3) is 0.808. The maximum absolute atomic E-state index is 12.7. The highest BCUT2D eigenvalue weighted by atomic mass is 16.2. The SMILES string of the molecule is CC(C)CC([C]=O)NC(=O)C(CC(C)C)NC(=O)CNC(=O)C(CC(C)C)NC(=O)CCCCCN. The molecule has 0 saturated carbocycles. The number of carbonyl (C=O) groups is 4. The van der Waals surface area contributed by atoms with Gasteiger partial charge in [-0.2, -0.15) is 0 Å². The molecule has 36 heavy (non-hydrogen) atoms. The minimum absolute atomic E-state index is 0.106. The van der Waals surface area contributed by atoms with E-state index < -0.39 is 35.8 Å². The van der Waals surface area contributed by atoms with Crippen LogP contribution in [0.15, 0.2) is 0 Å². The highest BCUT2D eigenvalue weighted by Gasteiger charge is 2.26. The van der Waals surface area contributed by atoms with Crippen LogP contribution < -0.4 is 27.0 Å². The largest absolute Gasteiger partial charge is 0.345 e. The molecule has 0 bridgehead atoms. The normalized spacial score (nSPS) is 13.7. The van der Waals surface area contributed by atoms with Crippen molar-refractivity contribution in [2.24, 2.45) is 23.5 Å². The van der Waals surface area contributed by atoms with Gasteiger partial charge >= 0.3 is 0 Å². The molecular formula is C26H48N5O5. The lowest BCUT2D eigenvalue weighted by Gasteiger charge is -2.23. The van der Waals surface area contributed by atoms with Crippen molar-refractivity contribution in [3.05, 3.63) is 0 Å². The van der Waals surface area contributed by atoms with Gasteiger partial charge < -0.3 is 27.0 Å². The Morgan fingerprint density at radius 2 is 1.22 bits per heavy atom. The molecule has 4 amide bonds. The third-order valence-electron chi connectivity index (χ3n) is 5.41. The first-order chi connectivity index (χ1) is 16.9. The average Bonchev–Trinajstić information content (AvgIpc) is 2.78. The summed E-state index contributed by atoms with van der Waals surface area (Å²) < 4.78 is 0. The monoisotopic (exact) mass is 510 g/mol. The maximum Gasteiger partial charge on any atom is 0.243 e. The van der Waals surface area contributed by atoms with Crippen LogP contribution in [0.4, 0.5) is 0 Å². The Balaban J connectivity index is 4.98. The predicted molar refractivity (Wildman–Crippen MR) is 140 cm³/mol. The predicted octanol–water partition coefficient (Wildman–Crippen LogP) is 1.32. The molecule has 0 rings (SSSR count). The van der Waals surface area contributed by atoms with Gasteiger partial charge in [-0.3, -0.25) is 24.0 Å². The Bertz CT molecular complexity index is 696. The summed E-state index contributed by atoms with van der Waals surface area (Å²) in [4.78, 5) is 61.5. The Morgan fingerprint density at radius 3 is 1.72 bits per heavy atom. The number of rotatable bonds is 19. The molecule has 10 heteroatoms. The van der Waals surface area contributed by atoms with Crippen LogP contribution in [0.1, 0.15) is 86.5 Å². The Hall–Kier alpha value is -2.49. The number of carbonyl (C=O) groups excluding carboxylic acids is 5. The highest BCUT2D eigenvalue weighted by Crippen LogP contribution is 2.09. The first kappa shape index (κ1) is 33.5. The molecule has 0 heterocycles. The molecule has 0 fully saturated rings. The van der Waals surface area contributed by atoms with E-state index in [1.165, 1.54) is 0 Å². The molecule has 10 nitrogen and oxygen atoms in total. The molecule has 0 spiro atoms. The van der Waals surface area contributed by atoms with E-state index in [1.54, 1.807) is 0 Å². The van der Waals surface area contributed by atoms with Crippen LogP contribution in [0.25, 0.3) is 0 Å². The fourth-order valence-electron chi connectivity index (χ4n) is 3.70. The highest BCUT2D eigenvalue weighted by molar-refractivity contribution is 5.93. The van der Waals surface area contributed by atoms with Gasteiger partial charge in [0.05, 0.1) is 12.6 Å². The first-order valence-electron chi connectivity index (χ1n) is 13.1. The summed E-state index contributed by atoms with van der Waals surface area (Å²) in [6, 6.07) is -2.36. The molecule has 0 aromatic rings. The molecule has 0 aliphatic heterocycles. The number of unbranched alkanes of at least 4 members (excludes halogenated alkanes) is 2. The standard InChI is InChI=1S/C26H48N5O5/c1-17(2)12-20(16-32)29-26(36)22(14-19(5)6)31-24(34)15-28-25(35)21(13-18(3)4)30-23(33)10-8-7-9-11-27/h17-22H,7-15,27H2,1-6H3,(H,28,35)(H,29,36)(H,30,33)(H,31,34). The van der Waals surface area contributed by atoms with Crippen LogP contribution in [0.2, 0.25) is 0 Å². The van der Waals surface area contributed by atoms with Gasteiger partial charge in [0.15, 0.2) is 0 Å². The van der Waals surface area contributed by atoms with Gasteiger partial charge in [0.25, 0.3) is 0 Å². The van der Waals surface area contributed by atoms with Gasteiger partial charge in [-0.15, -0.1) is 0 Å². The summed E-state index contributed by atoms with van der Waals surface area (Å²) in [6.45, 7) is 11.8. The Morgan fingerprint density at radius 1 is 0.694 bits per heavy atom. The van der Waals surface area contributed by atoms with Crippen LogP contribution in [0.5, 0.6) is 0 Å². The maximum atomic E-state index is 12.7. The zero-order valence-electron chi connectivity index (χ0n) is 22.9. The minimum Gasteiger partial charge on any atom is -0.345 e. The van der Waals surface area contributed by atoms with Crippen molar-refractivity contribution in [2.75, 3.05) is 13.1 Å². The van der Waals surface area contributed by atoms with Crippen molar-refractivity contribution >= 4 is 29.9 Å². The smallest absolute Gasteiger partial charge is 0.243 e. The van der Waals surface area contributed by atoms with Crippen molar-refractivity contribution < 1.29 is 24.0 Å². The number of hydrogen-bond donors (Lipinski definition) is 5. The van der Waals surface area contributed by atoms with E-state index in [4.69, 9.17) is 5.73 Å². The van der Waals surface area contributed by atoms with E-state index in [2.05, 4.69) is 21.3 Å². The molecule has 1 radical (unpaired) electrons. The average molecular weight is 511 g/mol. The second-order valence-electron chi connectivity index (χ2n) is 10.6. The molecule has 3 unspecified atom stereocenters. The van der Waals surface area contributed by atoms with Gasteiger partial charge in [0.1, 0.15) is 12.1 Å². The zero-order valence-corrected chi connectivity index (χ0v) is 22.9. The first-order valence-corrected chi connectivity index (χ1v) is 13.1. The third-order valence-corrected chi connectivity index (χ3v) is 5.41. The summed E-state index contributed by atoms with van der Waals surface area (Å²) in [5.41, 5.74) is 5.47. The lowest BCUT2D eigenvalue weighted by Crippen LogP contribution is -2.54. The second kappa shape index (κ2) is 18.7. The van der Waals surface area contributed by atoms with Gasteiger partial charge in [-0.25, -0.2) is 0 Å². The molecule has 0 aromatic heterocycles. The quantitative estimate of drug-likeness (QED) is 0.165. The summed E-state index contributed by atoms with van der Waals surface area (Å²) in [7, 11) is 0. The molecule has 0 aliphatic carbocycles. The van der Waals surface area contributed by atoms with Gasteiger partial charge in [0.2, 0.25) is 29.9 Å². The van der Waals surface area contributed by atoms with Crippen LogP contribution in [-0.2, 0) is 24.0 Å². The molecule has 207 valence electrons. The minimum atomic E-state index is -0.850. The zero-order chi connectivity index (χ0) is 27.7. The Labute approximate surface area is 216 Å². The van der Waals surface area contributed by atoms with Crippen molar-refractivity contribution in [1.29, 1.82) is 0 Å². The van der Waals surface area contributed by atoms with Crippen LogP contribution in [-0.4, -0.2) is 61.1 Å². The lowest BCUT2D eigenvalue weighted by atomic mass is 10.0. The van der Waals surface area contributed by atoms with E-state index in [0.717, 1.165) is 12.8 Å². The third kappa shape index (κ3) is 16.2. The summed E-state index contributed by atoms with van der Waals surface area (Å²) >= 11 is 0. The van der Waals surface area contributed by atoms with Crippen molar-refractivity contribution in [3.8, 4) is 0 Å². The van der Waals surface area contributed by atoms with Crippen molar-refractivity contribution in [2.45, 2.75) is 105 Å². The molecule has 0 aromatic carbocycles. The summed E-state index contributed by atoms with van der Waals surface area (Å²) in [6.07, 6.45) is 5.78. The summed E-state index contributed by atoms with van der Waals surface area (Å²) in [5, 5.41) is 10.6. The number of amides is 4. The van der Waals surface area contributed by atoms with Gasteiger partial charge in [-0.1, -0.05) is 48.0 Å². The number of nitrogens with one attached hydrogen (secondary N) is 4. The fourth-order valence-corrected chi connectivity index (χ4v) is 3.70. The van der Waals surface area contributed by atoms with Gasteiger partial charge in [-0.05, 0) is 56.4 Å². The van der Waals surface area contributed by atoms with Crippen LogP contribution in [0, 0.1) is 17.8 Å². The van der Waals surface area contributed by atoms with E-state index in [9.17, 15) is 24.0 Å². The lowest BCUT2D eigenvalue weighted by molar-refractivity contribution is -0.132. The Kier molecular flexibility index (Phi) is 17.4. The van der Waals surface area contributed by atoms with Crippen LogP contribution in [0.3, 0.4) is 0 Å². The topological polar surface area (TPSA) is 159 Å². The second-order valence-corrected chi connectivity index (χ2v) is 10.6. The van der Waals surface area contributed by atoms with E-state index in [-0.39, 0.29) is 30.2 Å².